The Morgan fingerprint density at radius 1 is 1.53 bits per heavy atom. The lowest BCUT2D eigenvalue weighted by molar-refractivity contribution is -0.383. The van der Waals surface area contributed by atoms with Crippen molar-refractivity contribution in [1.29, 1.82) is 0 Å². The molecule has 0 heterocycles. The summed E-state index contributed by atoms with van der Waals surface area (Å²) < 4.78 is 0. The Bertz CT molecular complexity index is 529. The number of nitro groups is 1. The van der Waals surface area contributed by atoms with Gasteiger partial charge in [-0.3, -0.25) is 14.9 Å². The van der Waals surface area contributed by atoms with Gasteiger partial charge in [0.15, 0.2) is 0 Å². The summed E-state index contributed by atoms with van der Waals surface area (Å²) in [5, 5.41) is 13.6. The number of nitrogens with two attached hydrogens (primary N) is 1. The van der Waals surface area contributed by atoms with Crippen molar-refractivity contribution in [2.45, 2.75) is 19.3 Å². The van der Waals surface area contributed by atoms with Gasteiger partial charge in [0.05, 0.1) is 9.95 Å². The first-order valence-corrected chi connectivity index (χ1v) is 6.38. The molecule has 3 N–H and O–H groups in total. The number of nitro benzene ring substituents is 1. The molecular weight excluding hydrogens is 270 g/mol. The van der Waals surface area contributed by atoms with E-state index in [-0.39, 0.29) is 27.9 Å². The molecule has 6 nitrogen and oxygen atoms in total. The Hall–Kier alpha value is -1.82. The van der Waals surface area contributed by atoms with Gasteiger partial charge in [0.2, 0.25) is 0 Å². The van der Waals surface area contributed by atoms with Crippen LogP contribution in [0.2, 0.25) is 5.02 Å². The van der Waals surface area contributed by atoms with Crippen molar-refractivity contribution in [2.24, 2.45) is 5.92 Å². The molecule has 0 atom stereocenters. The summed E-state index contributed by atoms with van der Waals surface area (Å²) in [5.74, 6) is 0.153. The summed E-state index contributed by atoms with van der Waals surface area (Å²) >= 11 is 5.80. The highest BCUT2D eigenvalue weighted by molar-refractivity contribution is 6.34. The second-order valence-electron chi connectivity index (χ2n) is 4.65. The number of hydrogen-bond acceptors (Lipinski definition) is 4. The summed E-state index contributed by atoms with van der Waals surface area (Å²) in [6.07, 6.45) is 3.42. The number of nitrogen functional groups attached to an aromatic ring is 1. The second kappa shape index (κ2) is 5.44. The van der Waals surface area contributed by atoms with Crippen molar-refractivity contribution < 1.29 is 9.72 Å². The SMILES string of the molecule is Nc1c(Cl)cc(C(=O)NCC2CCC2)cc1[N+](=O)[O-]. The predicted molar refractivity (Wildman–Crippen MR) is 72.2 cm³/mol. The molecule has 0 bridgehead atoms. The van der Waals surface area contributed by atoms with Gasteiger partial charge < -0.3 is 11.1 Å². The zero-order chi connectivity index (χ0) is 14.0. The molecule has 0 radical (unpaired) electrons. The van der Waals surface area contributed by atoms with E-state index >= 15 is 0 Å². The van der Waals surface area contributed by atoms with Gasteiger partial charge in [0, 0.05) is 18.2 Å². The van der Waals surface area contributed by atoms with Crippen LogP contribution in [0.4, 0.5) is 11.4 Å². The third-order valence-corrected chi connectivity index (χ3v) is 3.66. The number of carbonyl (C=O) groups excluding carboxylic acids is 1. The van der Waals surface area contributed by atoms with Gasteiger partial charge in [0.1, 0.15) is 5.69 Å². The van der Waals surface area contributed by atoms with Gasteiger partial charge in [-0.15, -0.1) is 0 Å². The molecule has 1 fully saturated rings. The number of carbonyl (C=O) groups is 1. The Morgan fingerprint density at radius 2 is 2.21 bits per heavy atom. The van der Waals surface area contributed by atoms with Crippen LogP contribution < -0.4 is 11.1 Å². The van der Waals surface area contributed by atoms with E-state index < -0.39 is 4.92 Å². The Balaban J connectivity index is 2.14. The molecule has 1 aromatic carbocycles. The summed E-state index contributed by atoms with van der Waals surface area (Å²) in [4.78, 5) is 22.1. The molecule has 1 aromatic rings. The minimum atomic E-state index is -0.649. The van der Waals surface area contributed by atoms with E-state index in [1.54, 1.807) is 0 Å². The van der Waals surface area contributed by atoms with E-state index in [9.17, 15) is 14.9 Å². The molecule has 0 spiro atoms. The molecule has 1 aliphatic carbocycles. The first-order valence-electron chi connectivity index (χ1n) is 6.00. The van der Waals surface area contributed by atoms with Crippen molar-refractivity contribution >= 4 is 28.9 Å². The van der Waals surface area contributed by atoms with E-state index in [1.807, 2.05) is 0 Å². The number of hydrogen-bond donors (Lipinski definition) is 2. The summed E-state index contributed by atoms with van der Waals surface area (Å²) in [7, 11) is 0. The normalized spacial score (nSPS) is 14.8. The lowest BCUT2D eigenvalue weighted by Gasteiger charge is -2.25. The van der Waals surface area contributed by atoms with Gasteiger partial charge in [-0.05, 0) is 24.8 Å². The quantitative estimate of drug-likeness (QED) is 0.503. The number of rotatable bonds is 4. The van der Waals surface area contributed by atoms with Crippen molar-refractivity contribution in [3.05, 3.63) is 32.8 Å². The van der Waals surface area contributed by atoms with Gasteiger partial charge in [-0.1, -0.05) is 18.0 Å². The van der Waals surface area contributed by atoms with Crippen LogP contribution in [-0.2, 0) is 0 Å². The van der Waals surface area contributed by atoms with E-state index in [2.05, 4.69) is 5.32 Å². The predicted octanol–water partition coefficient (Wildman–Crippen LogP) is 2.36. The molecule has 19 heavy (non-hydrogen) atoms. The highest BCUT2D eigenvalue weighted by Gasteiger charge is 2.21. The number of benzene rings is 1. The summed E-state index contributed by atoms with van der Waals surface area (Å²) in [6.45, 7) is 0.592. The van der Waals surface area contributed by atoms with Crippen molar-refractivity contribution in [1.82, 2.24) is 5.32 Å². The molecule has 0 aromatic heterocycles. The minimum absolute atomic E-state index is 0.0167. The fourth-order valence-electron chi connectivity index (χ4n) is 1.92. The summed E-state index contributed by atoms with van der Waals surface area (Å²) in [5.41, 5.74) is 5.19. The monoisotopic (exact) mass is 283 g/mol. The molecule has 1 aliphatic rings. The van der Waals surface area contributed by atoms with Gasteiger partial charge in [-0.25, -0.2) is 0 Å². The molecule has 1 amide bonds. The molecule has 0 aliphatic heterocycles. The van der Waals surface area contributed by atoms with Crippen LogP contribution in [0, 0.1) is 16.0 Å². The molecule has 2 rings (SSSR count). The van der Waals surface area contributed by atoms with Crippen LogP contribution in [0.5, 0.6) is 0 Å². The zero-order valence-electron chi connectivity index (χ0n) is 10.2. The average Bonchev–Trinajstić information content (AvgIpc) is 2.29. The third kappa shape index (κ3) is 2.96. The van der Waals surface area contributed by atoms with Crippen LogP contribution in [0.1, 0.15) is 29.6 Å². The zero-order valence-corrected chi connectivity index (χ0v) is 10.9. The number of anilines is 1. The third-order valence-electron chi connectivity index (χ3n) is 3.34. The maximum atomic E-state index is 11.9. The van der Waals surface area contributed by atoms with Crippen LogP contribution in [0.25, 0.3) is 0 Å². The van der Waals surface area contributed by atoms with Crippen LogP contribution in [-0.4, -0.2) is 17.4 Å². The molecular formula is C12H14ClN3O3. The first-order chi connectivity index (χ1) is 8.99. The highest BCUT2D eigenvalue weighted by atomic mass is 35.5. The van der Waals surface area contributed by atoms with Gasteiger partial charge in [-0.2, -0.15) is 0 Å². The van der Waals surface area contributed by atoms with Crippen molar-refractivity contribution in [2.75, 3.05) is 12.3 Å². The number of amides is 1. The number of nitrogens with zero attached hydrogens (tertiary/aromatic N) is 1. The van der Waals surface area contributed by atoms with Crippen molar-refractivity contribution in [3.8, 4) is 0 Å². The van der Waals surface area contributed by atoms with Crippen LogP contribution in [0.15, 0.2) is 12.1 Å². The van der Waals surface area contributed by atoms with Gasteiger partial charge in [0.25, 0.3) is 11.6 Å². The van der Waals surface area contributed by atoms with E-state index in [0.29, 0.717) is 12.5 Å². The first kappa shape index (κ1) is 13.6. The molecule has 0 saturated heterocycles. The second-order valence-corrected chi connectivity index (χ2v) is 5.06. The van der Waals surface area contributed by atoms with E-state index in [0.717, 1.165) is 18.9 Å². The Labute approximate surface area is 115 Å². The fourth-order valence-corrected chi connectivity index (χ4v) is 2.14. The number of halogens is 1. The lowest BCUT2D eigenvalue weighted by atomic mass is 9.85. The lowest BCUT2D eigenvalue weighted by Crippen LogP contribution is -2.32. The minimum Gasteiger partial charge on any atom is -0.392 e. The molecule has 0 unspecified atom stereocenters. The van der Waals surface area contributed by atoms with Crippen molar-refractivity contribution in [3.63, 3.8) is 0 Å². The van der Waals surface area contributed by atoms with Crippen LogP contribution >= 0.6 is 11.6 Å². The average molecular weight is 284 g/mol. The largest absolute Gasteiger partial charge is 0.392 e. The Morgan fingerprint density at radius 3 is 2.74 bits per heavy atom. The summed E-state index contributed by atoms with van der Waals surface area (Å²) in [6, 6.07) is 2.50. The maximum absolute atomic E-state index is 11.9. The standard InChI is InChI=1S/C12H14ClN3O3/c13-9-4-8(5-10(11(9)14)16(18)19)12(17)15-6-7-2-1-3-7/h4-5,7H,1-3,6,14H2,(H,15,17). The maximum Gasteiger partial charge on any atom is 0.294 e. The topological polar surface area (TPSA) is 98.3 Å². The highest BCUT2D eigenvalue weighted by Crippen LogP contribution is 2.31. The fraction of sp³-hybridized carbons (Fsp3) is 0.417. The molecule has 102 valence electrons. The number of nitrogens with one attached hydrogen (secondary N) is 1. The van der Waals surface area contributed by atoms with Crippen LogP contribution in [0.3, 0.4) is 0 Å². The van der Waals surface area contributed by atoms with E-state index in [1.165, 1.54) is 12.5 Å². The van der Waals surface area contributed by atoms with E-state index in [4.69, 9.17) is 17.3 Å². The molecule has 1 saturated carbocycles. The van der Waals surface area contributed by atoms with Gasteiger partial charge >= 0.3 is 0 Å². The Kier molecular flexibility index (Phi) is 3.90. The molecule has 7 heteroatoms. The smallest absolute Gasteiger partial charge is 0.294 e.